The largest absolute Gasteiger partial charge is 0.497 e. The normalized spacial score (nSPS) is 30.1. The molecule has 2 atom stereocenters. The summed E-state index contributed by atoms with van der Waals surface area (Å²) in [5.74, 6) is 1.97. The van der Waals surface area contributed by atoms with Gasteiger partial charge < -0.3 is 14.4 Å². The maximum atomic E-state index is 5.64. The second kappa shape index (κ2) is 5.28. The molecule has 2 bridgehead atoms. The van der Waals surface area contributed by atoms with Gasteiger partial charge in [-0.1, -0.05) is 6.42 Å². The van der Waals surface area contributed by atoms with Gasteiger partial charge in [-0.2, -0.15) is 0 Å². The number of ether oxygens (including phenoxy) is 2. The molecule has 1 aliphatic carbocycles. The summed E-state index contributed by atoms with van der Waals surface area (Å²) in [5, 5.41) is 0. The number of likely N-dealkylation sites (tertiary alicyclic amines) is 1. The third-order valence-corrected chi connectivity index (χ3v) is 5.36. The van der Waals surface area contributed by atoms with Gasteiger partial charge in [0.25, 0.3) is 0 Å². The molecule has 1 saturated heterocycles. The highest BCUT2D eigenvalue weighted by atomic mass is 16.5. The van der Waals surface area contributed by atoms with Crippen molar-refractivity contribution in [3.8, 4) is 11.5 Å². The lowest BCUT2D eigenvalue weighted by Gasteiger charge is -2.50. The van der Waals surface area contributed by atoms with Crippen molar-refractivity contribution in [2.75, 3.05) is 27.8 Å². The van der Waals surface area contributed by atoms with Gasteiger partial charge >= 0.3 is 0 Å². The van der Waals surface area contributed by atoms with Crippen LogP contribution >= 0.6 is 0 Å². The predicted octanol–water partition coefficient (Wildman–Crippen LogP) is 3.22. The van der Waals surface area contributed by atoms with E-state index in [0.29, 0.717) is 0 Å². The second-order valence-electron chi connectivity index (χ2n) is 6.33. The van der Waals surface area contributed by atoms with Crippen LogP contribution in [0, 0.1) is 0 Å². The first-order valence-electron chi connectivity index (χ1n) is 7.61. The fourth-order valence-electron chi connectivity index (χ4n) is 4.12. The van der Waals surface area contributed by atoms with Gasteiger partial charge in [-0.25, -0.2) is 0 Å². The Balaban J connectivity index is 2.02. The Labute approximate surface area is 121 Å². The molecule has 1 saturated carbocycles. The summed E-state index contributed by atoms with van der Waals surface area (Å²) in [5.41, 5.74) is 1.65. The molecule has 3 rings (SSSR count). The van der Waals surface area contributed by atoms with Crippen molar-refractivity contribution in [2.24, 2.45) is 0 Å². The Morgan fingerprint density at radius 2 is 2.05 bits per heavy atom. The van der Waals surface area contributed by atoms with E-state index < -0.39 is 0 Å². The Hall–Kier alpha value is -1.22. The SMILES string of the molecule is COc1ccc(OC)c(C23CCCC(C2)N(C)CC3)c1. The lowest BCUT2D eigenvalue weighted by atomic mass is 9.63. The van der Waals surface area contributed by atoms with Crippen LogP contribution in [0.1, 0.15) is 37.7 Å². The van der Waals surface area contributed by atoms with E-state index in [-0.39, 0.29) is 5.41 Å². The summed E-state index contributed by atoms with van der Waals surface area (Å²) in [6.07, 6.45) is 6.41. The van der Waals surface area contributed by atoms with Crippen LogP contribution in [-0.2, 0) is 5.41 Å². The Morgan fingerprint density at radius 3 is 2.80 bits per heavy atom. The van der Waals surface area contributed by atoms with Crippen molar-refractivity contribution in [3.05, 3.63) is 23.8 Å². The summed E-state index contributed by atoms with van der Waals surface area (Å²) in [7, 11) is 5.78. The highest BCUT2D eigenvalue weighted by molar-refractivity contribution is 5.46. The molecule has 3 nitrogen and oxygen atoms in total. The van der Waals surface area contributed by atoms with Crippen molar-refractivity contribution in [1.29, 1.82) is 0 Å². The zero-order valence-corrected chi connectivity index (χ0v) is 12.8. The lowest BCUT2D eigenvalue weighted by molar-refractivity contribution is 0.0705. The standard InChI is InChI=1S/C17H25NO2/c1-18-10-9-17(8-4-5-13(18)12-17)15-11-14(19-2)6-7-16(15)20-3/h6-7,11,13H,4-5,8-10,12H2,1-3H3. The summed E-state index contributed by atoms with van der Waals surface area (Å²) in [6.45, 7) is 1.19. The highest BCUT2D eigenvalue weighted by Gasteiger charge is 2.44. The molecule has 0 N–H and O–H groups in total. The van der Waals surface area contributed by atoms with Crippen molar-refractivity contribution in [2.45, 2.75) is 43.6 Å². The van der Waals surface area contributed by atoms with Crippen LogP contribution in [0.2, 0.25) is 0 Å². The Bertz CT molecular complexity index is 488. The van der Waals surface area contributed by atoms with Crippen LogP contribution in [0.5, 0.6) is 11.5 Å². The molecular formula is C17H25NO2. The lowest BCUT2D eigenvalue weighted by Crippen LogP contribution is -2.50. The number of hydrogen-bond donors (Lipinski definition) is 0. The van der Waals surface area contributed by atoms with E-state index in [1.54, 1.807) is 14.2 Å². The molecule has 3 heteroatoms. The molecule has 2 unspecified atom stereocenters. The molecular weight excluding hydrogens is 250 g/mol. The third kappa shape index (κ3) is 2.18. The smallest absolute Gasteiger partial charge is 0.122 e. The van der Waals surface area contributed by atoms with Crippen LogP contribution in [0.15, 0.2) is 18.2 Å². The molecule has 0 amide bonds. The fraction of sp³-hybridized carbons (Fsp3) is 0.647. The van der Waals surface area contributed by atoms with Crippen LogP contribution in [-0.4, -0.2) is 38.8 Å². The van der Waals surface area contributed by atoms with Crippen molar-refractivity contribution in [3.63, 3.8) is 0 Å². The number of nitrogens with zero attached hydrogens (tertiary/aromatic N) is 1. The van der Waals surface area contributed by atoms with Crippen LogP contribution in [0.25, 0.3) is 0 Å². The molecule has 1 heterocycles. The van der Waals surface area contributed by atoms with Gasteiger partial charge in [0.1, 0.15) is 11.5 Å². The van der Waals surface area contributed by atoms with E-state index in [2.05, 4.69) is 24.1 Å². The second-order valence-corrected chi connectivity index (χ2v) is 6.33. The molecule has 1 aromatic rings. The van der Waals surface area contributed by atoms with Crippen molar-refractivity contribution < 1.29 is 9.47 Å². The van der Waals surface area contributed by atoms with Gasteiger partial charge in [0.05, 0.1) is 14.2 Å². The van der Waals surface area contributed by atoms with E-state index in [1.165, 1.54) is 44.2 Å². The van der Waals surface area contributed by atoms with Crippen LogP contribution in [0.4, 0.5) is 0 Å². The predicted molar refractivity (Wildman–Crippen MR) is 80.7 cm³/mol. The fourth-order valence-corrected chi connectivity index (χ4v) is 4.12. The molecule has 110 valence electrons. The number of benzene rings is 1. The van der Waals surface area contributed by atoms with E-state index in [4.69, 9.17) is 9.47 Å². The molecule has 2 aliphatic rings. The number of rotatable bonds is 3. The first-order valence-corrected chi connectivity index (χ1v) is 7.61. The molecule has 0 aromatic heterocycles. The van der Waals surface area contributed by atoms with Gasteiger partial charge in [-0.3, -0.25) is 0 Å². The molecule has 1 aromatic carbocycles. The molecule has 2 fully saturated rings. The monoisotopic (exact) mass is 275 g/mol. The molecule has 20 heavy (non-hydrogen) atoms. The zero-order valence-electron chi connectivity index (χ0n) is 12.8. The van der Waals surface area contributed by atoms with Crippen molar-refractivity contribution in [1.82, 2.24) is 4.90 Å². The molecule has 1 aliphatic heterocycles. The minimum atomic E-state index is 0.287. The van der Waals surface area contributed by atoms with Gasteiger partial charge in [0, 0.05) is 17.0 Å². The average molecular weight is 275 g/mol. The van der Waals surface area contributed by atoms with Gasteiger partial charge in [-0.15, -0.1) is 0 Å². The first kappa shape index (κ1) is 13.7. The van der Waals surface area contributed by atoms with E-state index in [1.807, 2.05) is 6.07 Å². The maximum Gasteiger partial charge on any atom is 0.122 e. The van der Waals surface area contributed by atoms with Crippen LogP contribution in [0.3, 0.4) is 0 Å². The minimum Gasteiger partial charge on any atom is -0.497 e. The topological polar surface area (TPSA) is 21.7 Å². The van der Waals surface area contributed by atoms with Gasteiger partial charge in [0.15, 0.2) is 0 Å². The quantitative estimate of drug-likeness (QED) is 0.845. The highest BCUT2D eigenvalue weighted by Crippen LogP contribution is 2.49. The third-order valence-electron chi connectivity index (χ3n) is 5.36. The Kier molecular flexibility index (Phi) is 3.63. The summed E-state index contributed by atoms with van der Waals surface area (Å²) >= 11 is 0. The summed E-state index contributed by atoms with van der Waals surface area (Å²) < 4.78 is 11.1. The number of piperidine rings is 1. The Morgan fingerprint density at radius 1 is 1.20 bits per heavy atom. The summed E-state index contributed by atoms with van der Waals surface area (Å²) in [4.78, 5) is 2.53. The zero-order chi connectivity index (χ0) is 14.2. The van der Waals surface area contributed by atoms with E-state index in [0.717, 1.165) is 17.5 Å². The maximum absolute atomic E-state index is 5.64. The number of hydrogen-bond acceptors (Lipinski definition) is 3. The van der Waals surface area contributed by atoms with E-state index in [9.17, 15) is 0 Å². The van der Waals surface area contributed by atoms with Gasteiger partial charge in [0.2, 0.25) is 0 Å². The first-order chi connectivity index (χ1) is 9.68. The minimum absolute atomic E-state index is 0.287. The summed E-state index contributed by atoms with van der Waals surface area (Å²) in [6, 6.07) is 6.99. The van der Waals surface area contributed by atoms with Gasteiger partial charge in [-0.05, 0) is 57.5 Å². The van der Waals surface area contributed by atoms with E-state index >= 15 is 0 Å². The number of fused-ring (bicyclic) bond motifs is 2. The number of methoxy groups -OCH3 is 2. The average Bonchev–Trinajstić information content (AvgIpc) is 2.51. The van der Waals surface area contributed by atoms with Crippen LogP contribution < -0.4 is 9.47 Å². The van der Waals surface area contributed by atoms with Crippen molar-refractivity contribution >= 4 is 0 Å². The molecule has 0 radical (unpaired) electrons. The molecule has 0 spiro atoms.